The predicted molar refractivity (Wildman–Crippen MR) is 58.2 cm³/mol. The van der Waals surface area contributed by atoms with Gasteiger partial charge in [-0.1, -0.05) is 36.8 Å². The van der Waals surface area contributed by atoms with Crippen LogP contribution < -0.4 is 0 Å². The Hall–Kier alpha value is -0.820. The van der Waals surface area contributed by atoms with Gasteiger partial charge in [0.25, 0.3) is 0 Å². The quantitative estimate of drug-likeness (QED) is 0.777. The average molecular weight is 190 g/mol. The van der Waals surface area contributed by atoms with Crippen molar-refractivity contribution >= 4 is 0 Å². The molecule has 1 aliphatic carbocycles. The summed E-state index contributed by atoms with van der Waals surface area (Å²) in [6.07, 6.45) is 3.00. The Morgan fingerprint density at radius 1 is 1.43 bits per heavy atom. The Morgan fingerprint density at radius 2 is 2.14 bits per heavy atom. The van der Waals surface area contributed by atoms with Crippen molar-refractivity contribution in [2.45, 2.75) is 39.2 Å². The van der Waals surface area contributed by atoms with Crippen LogP contribution in [-0.4, -0.2) is 11.2 Å². The van der Waals surface area contributed by atoms with E-state index in [9.17, 15) is 5.11 Å². The minimum atomic E-state index is -0.163. The highest BCUT2D eigenvalue weighted by Crippen LogP contribution is 2.48. The van der Waals surface area contributed by atoms with Gasteiger partial charge in [0.05, 0.1) is 6.10 Å². The molecule has 1 atom stereocenters. The van der Waals surface area contributed by atoms with E-state index in [-0.39, 0.29) is 11.5 Å². The van der Waals surface area contributed by atoms with Crippen molar-refractivity contribution in [3.63, 3.8) is 0 Å². The van der Waals surface area contributed by atoms with Gasteiger partial charge in [-0.05, 0) is 37.2 Å². The molecule has 0 bridgehead atoms. The fourth-order valence-corrected chi connectivity index (χ4v) is 1.84. The topological polar surface area (TPSA) is 20.2 Å². The number of benzene rings is 1. The van der Waals surface area contributed by atoms with Crippen LogP contribution in [0.4, 0.5) is 0 Å². The highest BCUT2D eigenvalue weighted by Gasteiger charge is 2.43. The van der Waals surface area contributed by atoms with Crippen molar-refractivity contribution in [1.29, 1.82) is 0 Å². The number of aryl methyl sites for hydroxylation is 1. The molecule has 0 heterocycles. The van der Waals surface area contributed by atoms with Gasteiger partial charge < -0.3 is 5.11 Å². The molecule has 1 fully saturated rings. The molecule has 0 saturated heterocycles. The normalized spacial score (nSPS) is 20.5. The monoisotopic (exact) mass is 190 g/mol. The van der Waals surface area contributed by atoms with E-state index >= 15 is 0 Å². The Bertz CT molecular complexity index is 326. The summed E-state index contributed by atoms with van der Waals surface area (Å²) >= 11 is 0. The van der Waals surface area contributed by atoms with Crippen LogP contribution in [0.1, 0.15) is 30.9 Å². The van der Waals surface area contributed by atoms with Crippen molar-refractivity contribution in [2.24, 2.45) is 5.41 Å². The first-order valence-electron chi connectivity index (χ1n) is 5.34. The second-order valence-corrected chi connectivity index (χ2v) is 4.86. The Balaban J connectivity index is 2.03. The minimum Gasteiger partial charge on any atom is -0.392 e. The molecule has 1 aromatic carbocycles. The molecule has 0 aromatic heterocycles. The first-order chi connectivity index (χ1) is 6.60. The molecule has 1 heteroatoms. The fourth-order valence-electron chi connectivity index (χ4n) is 1.84. The summed E-state index contributed by atoms with van der Waals surface area (Å²) in [5, 5.41) is 9.99. The highest BCUT2D eigenvalue weighted by atomic mass is 16.3. The van der Waals surface area contributed by atoms with Crippen molar-refractivity contribution in [2.75, 3.05) is 0 Å². The standard InChI is InChI=1S/C13H18O/c1-10-4-3-5-11(8-10)9-12(14)13(2)6-7-13/h3-5,8,12,14H,6-7,9H2,1-2H3. The van der Waals surface area contributed by atoms with Crippen LogP contribution in [0.3, 0.4) is 0 Å². The Kier molecular flexibility index (Phi) is 2.36. The summed E-state index contributed by atoms with van der Waals surface area (Å²) in [5.74, 6) is 0. The zero-order valence-electron chi connectivity index (χ0n) is 8.96. The molecular formula is C13H18O. The second kappa shape index (κ2) is 3.39. The first kappa shape index (κ1) is 9.72. The molecule has 0 radical (unpaired) electrons. The lowest BCUT2D eigenvalue weighted by Gasteiger charge is -2.17. The summed E-state index contributed by atoms with van der Waals surface area (Å²) in [7, 11) is 0. The molecule has 0 amide bonds. The van der Waals surface area contributed by atoms with Crippen molar-refractivity contribution in [3.05, 3.63) is 35.4 Å². The average Bonchev–Trinajstić information content (AvgIpc) is 2.85. The third-order valence-corrected chi connectivity index (χ3v) is 3.35. The molecule has 76 valence electrons. The van der Waals surface area contributed by atoms with Crippen LogP contribution in [0.2, 0.25) is 0 Å². The Labute approximate surface area is 85.8 Å². The van der Waals surface area contributed by atoms with Gasteiger partial charge in [-0.15, -0.1) is 0 Å². The second-order valence-electron chi connectivity index (χ2n) is 4.86. The van der Waals surface area contributed by atoms with Crippen LogP contribution in [0, 0.1) is 12.3 Å². The van der Waals surface area contributed by atoms with Crippen LogP contribution in [0.15, 0.2) is 24.3 Å². The summed E-state index contributed by atoms with van der Waals surface area (Å²) in [4.78, 5) is 0. The lowest BCUT2D eigenvalue weighted by atomic mass is 9.95. The van der Waals surface area contributed by atoms with Crippen molar-refractivity contribution in [3.8, 4) is 0 Å². The summed E-state index contributed by atoms with van der Waals surface area (Å²) in [6.45, 7) is 4.27. The van der Waals surface area contributed by atoms with E-state index in [1.54, 1.807) is 0 Å². The third-order valence-electron chi connectivity index (χ3n) is 3.35. The maximum Gasteiger partial charge on any atom is 0.0634 e. The minimum absolute atomic E-state index is 0.163. The van der Waals surface area contributed by atoms with Gasteiger partial charge in [0.2, 0.25) is 0 Å². The van der Waals surface area contributed by atoms with Gasteiger partial charge in [0.15, 0.2) is 0 Å². The van der Waals surface area contributed by atoms with Crippen LogP contribution in [-0.2, 0) is 6.42 Å². The number of hydrogen-bond acceptors (Lipinski definition) is 1. The van der Waals surface area contributed by atoms with Gasteiger partial charge in [0, 0.05) is 0 Å². The van der Waals surface area contributed by atoms with E-state index in [1.165, 1.54) is 24.0 Å². The van der Waals surface area contributed by atoms with Gasteiger partial charge >= 0.3 is 0 Å². The van der Waals surface area contributed by atoms with Gasteiger partial charge in [0.1, 0.15) is 0 Å². The van der Waals surface area contributed by atoms with E-state index in [1.807, 2.05) is 0 Å². The molecule has 1 saturated carbocycles. The van der Waals surface area contributed by atoms with Gasteiger partial charge in [-0.25, -0.2) is 0 Å². The molecule has 2 rings (SSSR count). The maximum atomic E-state index is 9.99. The maximum absolute atomic E-state index is 9.99. The third kappa shape index (κ3) is 1.98. The summed E-state index contributed by atoms with van der Waals surface area (Å²) in [5.41, 5.74) is 2.74. The van der Waals surface area contributed by atoms with E-state index in [0.29, 0.717) is 0 Å². The molecule has 0 spiro atoms. The lowest BCUT2D eigenvalue weighted by molar-refractivity contribution is 0.103. The fraction of sp³-hybridized carbons (Fsp3) is 0.538. The molecule has 0 aliphatic heterocycles. The highest BCUT2D eigenvalue weighted by molar-refractivity contribution is 5.23. The number of aliphatic hydroxyl groups is 1. The molecule has 1 N–H and O–H groups in total. The molecule has 1 unspecified atom stereocenters. The summed E-state index contributed by atoms with van der Waals surface area (Å²) < 4.78 is 0. The van der Waals surface area contributed by atoms with E-state index in [4.69, 9.17) is 0 Å². The number of rotatable bonds is 3. The zero-order chi connectivity index (χ0) is 10.2. The van der Waals surface area contributed by atoms with Crippen molar-refractivity contribution in [1.82, 2.24) is 0 Å². The Morgan fingerprint density at radius 3 is 2.71 bits per heavy atom. The summed E-state index contributed by atoms with van der Waals surface area (Å²) in [6, 6.07) is 8.41. The molecule has 1 aliphatic rings. The molecular weight excluding hydrogens is 172 g/mol. The SMILES string of the molecule is Cc1cccc(CC(O)C2(C)CC2)c1. The number of aliphatic hydroxyl groups excluding tert-OH is 1. The lowest BCUT2D eigenvalue weighted by Crippen LogP contribution is -2.21. The first-order valence-corrected chi connectivity index (χ1v) is 5.34. The largest absolute Gasteiger partial charge is 0.392 e. The van der Waals surface area contributed by atoms with Crippen molar-refractivity contribution < 1.29 is 5.11 Å². The van der Waals surface area contributed by atoms with Crippen LogP contribution in [0.5, 0.6) is 0 Å². The van der Waals surface area contributed by atoms with E-state index < -0.39 is 0 Å². The molecule has 1 aromatic rings. The van der Waals surface area contributed by atoms with Gasteiger partial charge in [-0.2, -0.15) is 0 Å². The number of hydrogen-bond donors (Lipinski definition) is 1. The zero-order valence-corrected chi connectivity index (χ0v) is 8.96. The predicted octanol–water partition coefficient (Wildman–Crippen LogP) is 2.70. The molecule has 14 heavy (non-hydrogen) atoms. The molecule has 1 nitrogen and oxygen atoms in total. The smallest absolute Gasteiger partial charge is 0.0634 e. The van der Waals surface area contributed by atoms with Crippen LogP contribution >= 0.6 is 0 Å². The van der Waals surface area contributed by atoms with E-state index in [0.717, 1.165) is 6.42 Å². The van der Waals surface area contributed by atoms with Crippen LogP contribution in [0.25, 0.3) is 0 Å². The van der Waals surface area contributed by atoms with E-state index in [2.05, 4.69) is 38.1 Å². The van der Waals surface area contributed by atoms with Gasteiger partial charge in [-0.3, -0.25) is 0 Å².